The van der Waals surface area contributed by atoms with Crippen LogP contribution < -0.4 is 0 Å². The molecule has 54 valence electrons. The van der Waals surface area contributed by atoms with Crippen LogP contribution >= 0.6 is 0 Å². The topological polar surface area (TPSA) is 61.7 Å². The van der Waals surface area contributed by atoms with E-state index in [1.54, 1.807) is 28.2 Å². The van der Waals surface area contributed by atoms with E-state index in [2.05, 4.69) is 10.6 Å². The first kappa shape index (κ1) is 23.5. The predicted molar refractivity (Wildman–Crippen MR) is 35.7 cm³/mol. The van der Waals surface area contributed by atoms with Gasteiger partial charge >= 0.3 is 0 Å². The second kappa shape index (κ2) is 49.5. The smallest absolute Gasteiger partial charge is 0 e. The molecule has 0 aliphatic carbocycles. The summed E-state index contributed by atoms with van der Waals surface area (Å²) in [6.45, 7) is 0. The molecule has 0 spiro atoms. The third-order valence-corrected chi connectivity index (χ3v) is 0. The zero-order valence-corrected chi connectivity index (χ0v) is 8.81. The fraction of sp³-hybridized carbons (Fsp3) is 1.00. The summed E-state index contributed by atoms with van der Waals surface area (Å²) in [5.41, 5.74) is 0. The van der Waals surface area contributed by atoms with Crippen LogP contribution in [0.3, 0.4) is 0 Å². The van der Waals surface area contributed by atoms with E-state index in [0.717, 1.165) is 0 Å². The minimum Gasteiger partial charge on any atom is -0.693 e. The van der Waals surface area contributed by atoms with Crippen molar-refractivity contribution in [2.45, 2.75) is 0 Å². The van der Waals surface area contributed by atoms with Crippen molar-refractivity contribution in [1.29, 1.82) is 0 Å². The molecule has 0 radical (unpaired) electrons. The molecule has 2 N–H and O–H groups in total. The minimum absolute atomic E-state index is 0. The summed E-state index contributed by atoms with van der Waals surface area (Å²) in [4.78, 5) is 0. The van der Waals surface area contributed by atoms with E-state index in [1.807, 2.05) is 0 Å². The van der Waals surface area contributed by atoms with E-state index in [1.165, 1.54) is 0 Å². The second-order valence-electron chi connectivity index (χ2n) is 0.894. The van der Waals surface area contributed by atoms with Gasteiger partial charge < -0.3 is 16.8 Å². The number of hydrogen-bond donors (Lipinski definition) is 0. The summed E-state index contributed by atoms with van der Waals surface area (Å²) in [6, 6.07) is 0. The Morgan fingerprint density at radius 3 is 0.750 bits per heavy atom. The van der Waals surface area contributed by atoms with E-state index >= 15 is 0 Å². The number of nitrogens with two attached hydrogens (primary N) is 1. The molecule has 0 rings (SSSR count). The fourth-order valence-electron chi connectivity index (χ4n) is 0. The first-order valence-electron chi connectivity index (χ1n) is 1.79. The molecular formula is C4H14N3W-3. The van der Waals surface area contributed by atoms with E-state index in [0.29, 0.717) is 0 Å². The van der Waals surface area contributed by atoms with Crippen molar-refractivity contribution in [3.05, 3.63) is 16.8 Å². The van der Waals surface area contributed by atoms with Crippen molar-refractivity contribution in [2.24, 2.45) is 0 Å². The molecule has 0 fully saturated rings. The summed E-state index contributed by atoms with van der Waals surface area (Å²) in [5.74, 6) is 0. The predicted octanol–water partition coefficient (Wildman–Crippen LogP) is 1.95. The van der Waals surface area contributed by atoms with E-state index in [-0.39, 0.29) is 27.2 Å². The Bertz CT molecular complexity index is 13.2. The van der Waals surface area contributed by atoms with Gasteiger partial charge in [-0.2, -0.15) is 28.2 Å². The zero-order chi connectivity index (χ0) is 5.41. The van der Waals surface area contributed by atoms with E-state index in [4.69, 9.17) is 0 Å². The average molecular weight is 288 g/mol. The third kappa shape index (κ3) is 631. The van der Waals surface area contributed by atoms with Crippen LogP contribution in [-0.4, -0.2) is 28.2 Å². The van der Waals surface area contributed by atoms with Crippen molar-refractivity contribution in [2.75, 3.05) is 28.2 Å². The van der Waals surface area contributed by atoms with Crippen molar-refractivity contribution >= 4 is 0 Å². The van der Waals surface area contributed by atoms with Gasteiger partial charge in [-0.05, 0) is 0 Å². The Labute approximate surface area is 66.5 Å². The fourth-order valence-corrected chi connectivity index (χ4v) is 0. The Morgan fingerprint density at radius 2 is 0.750 bits per heavy atom. The molecule has 0 aromatic rings. The Morgan fingerprint density at radius 1 is 0.750 bits per heavy atom. The maximum atomic E-state index is 3.50. The molecule has 0 atom stereocenters. The molecule has 4 heteroatoms. The molecule has 0 aromatic heterocycles. The van der Waals surface area contributed by atoms with Crippen LogP contribution in [0.15, 0.2) is 0 Å². The van der Waals surface area contributed by atoms with Crippen molar-refractivity contribution < 1.29 is 21.1 Å². The molecule has 3 nitrogen and oxygen atoms in total. The van der Waals surface area contributed by atoms with Crippen LogP contribution in [-0.2, 0) is 21.1 Å². The first-order valence-corrected chi connectivity index (χ1v) is 1.79. The molecule has 0 amide bonds. The summed E-state index contributed by atoms with van der Waals surface area (Å²) in [7, 11) is 7.00. The van der Waals surface area contributed by atoms with Crippen molar-refractivity contribution in [1.82, 2.24) is 0 Å². The van der Waals surface area contributed by atoms with Crippen molar-refractivity contribution in [3.63, 3.8) is 0 Å². The van der Waals surface area contributed by atoms with Gasteiger partial charge in [-0.15, -0.1) is 0 Å². The average Bonchev–Trinajstić information content (AvgIpc) is 1.39. The standard InChI is InChI=1S/2C2H6N.H2N.W/c2*1-3-2;;/h2*1-2H3;1H2;/q3*-1;. The molecule has 0 heterocycles. The molecule has 0 bridgehead atoms. The summed E-state index contributed by atoms with van der Waals surface area (Å²) in [6.07, 6.45) is 0. The van der Waals surface area contributed by atoms with Crippen LogP contribution in [0.1, 0.15) is 0 Å². The largest absolute Gasteiger partial charge is 0.693 e. The first-order chi connectivity index (χ1) is 2.83. The Balaban J connectivity index is -0.0000000160. The monoisotopic (exact) mass is 288 g/mol. The number of rotatable bonds is 0. The SMILES string of the molecule is C[N-]C.C[N-]C.[NH2-].[W]. The number of hydrogen-bond acceptors (Lipinski definition) is 0. The molecule has 0 aromatic carbocycles. The summed E-state index contributed by atoms with van der Waals surface area (Å²) in [5, 5.41) is 7.00. The zero-order valence-electron chi connectivity index (χ0n) is 5.88. The van der Waals surface area contributed by atoms with Crippen molar-refractivity contribution in [3.8, 4) is 0 Å². The van der Waals surface area contributed by atoms with Crippen LogP contribution in [0, 0.1) is 0 Å². The van der Waals surface area contributed by atoms with Gasteiger partial charge in [-0.1, -0.05) is 0 Å². The summed E-state index contributed by atoms with van der Waals surface area (Å²) < 4.78 is 0. The Kier molecular flexibility index (Phi) is 146. The quantitative estimate of drug-likeness (QED) is 0.654. The molecule has 0 aliphatic rings. The van der Waals surface area contributed by atoms with Gasteiger partial charge in [0.25, 0.3) is 0 Å². The molecule has 0 unspecified atom stereocenters. The van der Waals surface area contributed by atoms with Gasteiger partial charge in [0.1, 0.15) is 0 Å². The summed E-state index contributed by atoms with van der Waals surface area (Å²) >= 11 is 0. The van der Waals surface area contributed by atoms with Gasteiger partial charge in [0, 0.05) is 21.1 Å². The molecule has 0 saturated heterocycles. The maximum absolute atomic E-state index is 3.50. The van der Waals surface area contributed by atoms with Gasteiger partial charge in [-0.3, -0.25) is 0 Å². The van der Waals surface area contributed by atoms with Crippen LogP contribution in [0.4, 0.5) is 0 Å². The van der Waals surface area contributed by atoms with Gasteiger partial charge in [0.05, 0.1) is 0 Å². The second-order valence-corrected chi connectivity index (χ2v) is 0.894. The van der Waals surface area contributed by atoms with Gasteiger partial charge in [0.15, 0.2) is 0 Å². The van der Waals surface area contributed by atoms with Crippen LogP contribution in [0.25, 0.3) is 16.8 Å². The molecular weight excluding hydrogens is 274 g/mol. The van der Waals surface area contributed by atoms with Gasteiger partial charge in [-0.25, -0.2) is 0 Å². The van der Waals surface area contributed by atoms with E-state index in [9.17, 15) is 0 Å². The number of nitrogens with zero attached hydrogens (tertiary/aromatic N) is 2. The minimum atomic E-state index is 0. The van der Waals surface area contributed by atoms with Crippen LogP contribution in [0.5, 0.6) is 0 Å². The molecule has 0 aliphatic heterocycles. The van der Waals surface area contributed by atoms with Gasteiger partial charge in [0.2, 0.25) is 0 Å². The molecule has 8 heavy (non-hydrogen) atoms. The third-order valence-electron chi connectivity index (χ3n) is 0. The maximum Gasteiger partial charge on any atom is 0 e. The normalized spacial score (nSPS) is 4.50. The van der Waals surface area contributed by atoms with E-state index < -0.39 is 0 Å². The Hall–Kier alpha value is 0.568. The van der Waals surface area contributed by atoms with Crippen LogP contribution in [0.2, 0.25) is 0 Å². The molecule has 0 saturated carbocycles.